The van der Waals surface area contributed by atoms with Crippen molar-refractivity contribution in [3.63, 3.8) is 0 Å². The lowest BCUT2D eigenvalue weighted by atomic mass is 9.65. The summed E-state index contributed by atoms with van der Waals surface area (Å²) in [5.41, 5.74) is 2.66. The number of rotatable bonds is 4. The zero-order valence-corrected chi connectivity index (χ0v) is 13.6. The molecule has 1 aromatic carbocycles. The van der Waals surface area contributed by atoms with Gasteiger partial charge in [-0.05, 0) is 50.5 Å². The van der Waals surface area contributed by atoms with Gasteiger partial charge in [0.15, 0.2) is 0 Å². The van der Waals surface area contributed by atoms with E-state index in [2.05, 4.69) is 32.1 Å². The number of carbonyl (C=O) groups is 1. The van der Waals surface area contributed by atoms with Gasteiger partial charge in [0.2, 0.25) is 0 Å². The molecule has 2 heteroatoms. The van der Waals surface area contributed by atoms with Gasteiger partial charge in [0.25, 0.3) is 0 Å². The van der Waals surface area contributed by atoms with Gasteiger partial charge in [-0.2, -0.15) is 0 Å². The van der Waals surface area contributed by atoms with E-state index in [9.17, 15) is 4.79 Å². The van der Waals surface area contributed by atoms with Gasteiger partial charge in [-0.3, -0.25) is 4.79 Å². The van der Waals surface area contributed by atoms with E-state index in [0.29, 0.717) is 24.2 Å². The molecule has 0 radical (unpaired) electrons. The summed E-state index contributed by atoms with van der Waals surface area (Å²) in [6.45, 7) is 5.03. The van der Waals surface area contributed by atoms with E-state index in [1.54, 1.807) is 0 Å². The van der Waals surface area contributed by atoms with Gasteiger partial charge in [-0.15, -0.1) is 0 Å². The second-order valence-corrected chi connectivity index (χ2v) is 6.91. The van der Waals surface area contributed by atoms with Gasteiger partial charge in [-0.25, -0.2) is 0 Å². The molecule has 2 aliphatic carbocycles. The maximum Gasteiger partial charge on any atom is 0.136 e. The second-order valence-electron chi connectivity index (χ2n) is 6.91. The quantitative estimate of drug-likeness (QED) is 0.763. The summed E-state index contributed by atoms with van der Waals surface area (Å²) >= 11 is 0. The number of hydrogen-bond donors (Lipinski definition) is 0. The molecule has 2 aliphatic rings. The van der Waals surface area contributed by atoms with Crippen molar-refractivity contribution in [2.24, 2.45) is 17.8 Å². The highest BCUT2D eigenvalue weighted by atomic mass is 16.5. The molecule has 3 rings (SSSR count). The summed E-state index contributed by atoms with van der Waals surface area (Å²) in [6, 6.07) is 10.3. The van der Waals surface area contributed by atoms with E-state index < -0.39 is 0 Å². The lowest BCUT2D eigenvalue weighted by molar-refractivity contribution is -0.130. The highest BCUT2D eigenvalue weighted by Gasteiger charge is 2.41. The Hall–Kier alpha value is -1.41. The first-order valence-corrected chi connectivity index (χ1v) is 8.50. The summed E-state index contributed by atoms with van der Waals surface area (Å²) < 4.78 is 6.15. The molecule has 0 spiro atoms. The lowest BCUT2D eigenvalue weighted by Gasteiger charge is -2.41. The summed E-state index contributed by atoms with van der Waals surface area (Å²) in [6.07, 6.45) is 6.38. The van der Waals surface area contributed by atoms with Crippen molar-refractivity contribution in [3.8, 4) is 0 Å². The molecule has 1 saturated carbocycles. The number of ether oxygens (including phenoxy) is 1. The fourth-order valence-corrected chi connectivity index (χ4v) is 4.06. The van der Waals surface area contributed by atoms with Gasteiger partial charge < -0.3 is 4.74 Å². The molecule has 0 unspecified atom stereocenters. The van der Waals surface area contributed by atoms with E-state index in [4.69, 9.17) is 4.74 Å². The van der Waals surface area contributed by atoms with Crippen molar-refractivity contribution in [3.05, 3.63) is 47.5 Å². The third-order valence-corrected chi connectivity index (χ3v) is 5.38. The van der Waals surface area contributed by atoms with Crippen molar-refractivity contribution in [2.75, 3.05) is 0 Å². The van der Waals surface area contributed by atoms with Crippen LogP contribution in [0.4, 0.5) is 0 Å². The first-order chi connectivity index (χ1) is 10.6. The predicted octanol–water partition coefficient (Wildman–Crippen LogP) is 4.54. The molecular weight excluding hydrogens is 272 g/mol. The molecule has 4 atom stereocenters. The van der Waals surface area contributed by atoms with Gasteiger partial charge in [0, 0.05) is 12.3 Å². The molecule has 118 valence electrons. The van der Waals surface area contributed by atoms with Crippen molar-refractivity contribution in [1.82, 2.24) is 0 Å². The largest absolute Gasteiger partial charge is 0.374 e. The van der Waals surface area contributed by atoms with E-state index >= 15 is 0 Å². The van der Waals surface area contributed by atoms with Crippen LogP contribution in [-0.4, -0.2) is 11.9 Å². The van der Waals surface area contributed by atoms with Gasteiger partial charge >= 0.3 is 0 Å². The van der Waals surface area contributed by atoms with Crippen LogP contribution in [0.3, 0.4) is 0 Å². The first kappa shape index (κ1) is 15.5. The number of hydrogen-bond acceptors (Lipinski definition) is 2. The Kier molecular flexibility index (Phi) is 4.77. The second kappa shape index (κ2) is 6.78. The molecule has 0 bridgehead atoms. The average molecular weight is 298 g/mol. The van der Waals surface area contributed by atoms with E-state index in [1.165, 1.54) is 11.1 Å². The fourth-order valence-electron chi connectivity index (χ4n) is 4.06. The van der Waals surface area contributed by atoms with Crippen molar-refractivity contribution < 1.29 is 9.53 Å². The Morgan fingerprint density at radius 3 is 2.73 bits per heavy atom. The molecule has 2 nitrogen and oxygen atoms in total. The van der Waals surface area contributed by atoms with E-state index in [0.717, 1.165) is 25.7 Å². The number of benzene rings is 1. The minimum absolute atomic E-state index is 0.197. The summed E-state index contributed by atoms with van der Waals surface area (Å²) in [5.74, 6) is 1.58. The Balaban J connectivity index is 1.67. The van der Waals surface area contributed by atoms with Gasteiger partial charge in [-0.1, -0.05) is 42.0 Å². The van der Waals surface area contributed by atoms with Crippen molar-refractivity contribution in [1.29, 1.82) is 0 Å². The van der Waals surface area contributed by atoms with Crippen LogP contribution in [0.2, 0.25) is 0 Å². The molecule has 0 aliphatic heterocycles. The van der Waals surface area contributed by atoms with Crippen LogP contribution in [0.15, 0.2) is 42.0 Å². The predicted molar refractivity (Wildman–Crippen MR) is 88.4 cm³/mol. The third kappa shape index (κ3) is 3.33. The van der Waals surface area contributed by atoms with Crippen LogP contribution >= 0.6 is 0 Å². The minimum Gasteiger partial charge on any atom is -0.374 e. The molecule has 1 fully saturated rings. The molecular formula is C20H26O2. The smallest absolute Gasteiger partial charge is 0.136 e. The first-order valence-electron chi connectivity index (χ1n) is 8.50. The normalized spacial score (nSPS) is 29.6. The topological polar surface area (TPSA) is 26.3 Å². The van der Waals surface area contributed by atoms with Crippen LogP contribution in [0.5, 0.6) is 0 Å². The van der Waals surface area contributed by atoms with Crippen LogP contribution in [0.1, 0.15) is 45.1 Å². The zero-order chi connectivity index (χ0) is 15.5. The Bertz CT molecular complexity index is 546. The maximum atomic E-state index is 12.2. The Morgan fingerprint density at radius 1 is 1.18 bits per heavy atom. The maximum absolute atomic E-state index is 12.2. The fraction of sp³-hybridized carbons (Fsp3) is 0.550. The number of fused-ring (bicyclic) bond motifs is 1. The minimum atomic E-state index is 0.197. The Labute approximate surface area is 133 Å². The molecule has 0 amide bonds. The van der Waals surface area contributed by atoms with Crippen molar-refractivity contribution in [2.45, 2.75) is 52.2 Å². The number of ketones is 1. The van der Waals surface area contributed by atoms with Crippen LogP contribution in [-0.2, 0) is 16.1 Å². The van der Waals surface area contributed by atoms with Gasteiger partial charge in [0.1, 0.15) is 5.78 Å². The molecule has 1 aromatic rings. The highest BCUT2D eigenvalue weighted by molar-refractivity contribution is 5.82. The zero-order valence-electron chi connectivity index (χ0n) is 13.6. The summed E-state index contributed by atoms with van der Waals surface area (Å²) in [4.78, 5) is 12.2. The van der Waals surface area contributed by atoms with Crippen LogP contribution in [0.25, 0.3) is 0 Å². The average Bonchev–Trinajstić information content (AvgIpc) is 2.54. The van der Waals surface area contributed by atoms with Crippen molar-refractivity contribution >= 4 is 5.78 Å². The Morgan fingerprint density at radius 2 is 1.95 bits per heavy atom. The SMILES string of the molecule is CC1=C[C@@H]2[C@@H]([C@@H](C)OCc3ccccc3)CCC(=O)[C@@H]2CC1. The third-order valence-electron chi connectivity index (χ3n) is 5.38. The standard InChI is InChI=1S/C20H26O2/c1-14-8-9-18-19(12-14)17(10-11-20(18)21)15(2)22-13-16-6-4-3-5-7-16/h3-7,12,15,17-19H,8-11,13H2,1-2H3/t15-,17-,18-,19-/m1/s1. The lowest BCUT2D eigenvalue weighted by Crippen LogP contribution is -2.41. The highest BCUT2D eigenvalue weighted by Crippen LogP contribution is 2.42. The van der Waals surface area contributed by atoms with Crippen LogP contribution < -0.4 is 0 Å². The molecule has 22 heavy (non-hydrogen) atoms. The number of Topliss-reactive ketones (excluding diaryl/α,β-unsaturated/α-hetero) is 1. The van der Waals surface area contributed by atoms with E-state index in [-0.39, 0.29) is 12.0 Å². The monoisotopic (exact) mass is 298 g/mol. The van der Waals surface area contributed by atoms with Gasteiger partial charge in [0.05, 0.1) is 12.7 Å². The number of allylic oxidation sites excluding steroid dienone is 2. The summed E-state index contributed by atoms with van der Waals surface area (Å²) in [5, 5.41) is 0. The molecule has 0 heterocycles. The molecule has 0 aromatic heterocycles. The van der Waals surface area contributed by atoms with E-state index in [1.807, 2.05) is 18.2 Å². The molecule has 0 N–H and O–H groups in total. The molecule has 0 saturated heterocycles. The number of carbonyl (C=O) groups excluding carboxylic acids is 1. The summed E-state index contributed by atoms with van der Waals surface area (Å²) in [7, 11) is 0. The van der Waals surface area contributed by atoms with Crippen LogP contribution in [0, 0.1) is 17.8 Å².